The molecule has 0 bridgehead atoms. The van der Waals surface area contributed by atoms with E-state index in [9.17, 15) is 25.2 Å². The first kappa shape index (κ1) is 24.2. The molecule has 10 heteroatoms. The van der Waals surface area contributed by atoms with E-state index in [0.29, 0.717) is 5.69 Å². The van der Waals surface area contributed by atoms with Gasteiger partial charge in [-0.15, -0.1) is 0 Å². The maximum Gasteiger partial charge on any atom is 0.264 e. The number of benzene rings is 1. The molecular formula is C24H31N3O7. The first-order valence-electron chi connectivity index (χ1n) is 11.1. The van der Waals surface area contributed by atoms with Gasteiger partial charge >= 0.3 is 0 Å². The Labute approximate surface area is 197 Å². The zero-order valence-electron chi connectivity index (χ0n) is 19.7. The lowest BCUT2D eigenvalue weighted by molar-refractivity contribution is -0.272. The number of hydrogen-bond acceptors (Lipinski definition) is 9. The molecule has 2 aliphatic heterocycles. The number of phenolic OH excluding ortho intramolecular Hbond substituents is 1. The third-order valence-corrected chi connectivity index (χ3v) is 6.61. The highest BCUT2D eigenvalue weighted by molar-refractivity contribution is 6.04. The lowest BCUT2D eigenvalue weighted by Gasteiger charge is -2.47. The van der Waals surface area contributed by atoms with Crippen LogP contribution < -0.4 is 15.4 Å². The van der Waals surface area contributed by atoms with Crippen LogP contribution in [-0.4, -0.2) is 68.1 Å². The minimum Gasteiger partial charge on any atom is -0.505 e. The highest BCUT2D eigenvalue weighted by Crippen LogP contribution is 2.43. The second kappa shape index (κ2) is 8.71. The molecule has 1 fully saturated rings. The van der Waals surface area contributed by atoms with Gasteiger partial charge in [-0.25, -0.2) is 0 Å². The van der Waals surface area contributed by atoms with Gasteiger partial charge in [0.25, 0.3) is 5.91 Å². The molecule has 0 radical (unpaired) electrons. The normalized spacial score (nSPS) is 31.1. The van der Waals surface area contributed by atoms with Gasteiger partial charge in [-0.3, -0.25) is 9.36 Å². The van der Waals surface area contributed by atoms with Crippen LogP contribution in [0.4, 0.5) is 5.69 Å². The van der Waals surface area contributed by atoms with Crippen molar-refractivity contribution in [2.75, 3.05) is 12.4 Å². The third-order valence-electron chi connectivity index (χ3n) is 6.61. The molecule has 0 amide bonds. The van der Waals surface area contributed by atoms with Crippen molar-refractivity contribution in [1.82, 2.24) is 9.88 Å². The molecule has 6 atom stereocenters. The number of nitrogens with zero attached hydrogens (tertiary/aromatic N) is 1. The van der Waals surface area contributed by atoms with Crippen molar-refractivity contribution in [2.45, 2.75) is 64.1 Å². The molecule has 0 saturated carbocycles. The molecule has 1 saturated heterocycles. The summed E-state index contributed by atoms with van der Waals surface area (Å²) in [5.74, 6) is -0.664. The molecule has 3 heterocycles. The zero-order valence-corrected chi connectivity index (χ0v) is 19.7. The summed E-state index contributed by atoms with van der Waals surface area (Å²) in [6.07, 6.45) is 0.800. The summed E-state index contributed by atoms with van der Waals surface area (Å²) in [4.78, 5) is 13.4. The second-order valence-corrected chi connectivity index (χ2v) is 8.96. The molecule has 2 aliphatic rings. The van der Waals surface area contributed by atoms with E-state index >= 15 is 0 Å². The number of aliphatic hydroxyl groups is 3. The number of likely N-dealkylation sites (N-methyl/N-ethyl adjacent to an activating group) is 1. The third kappa shape index (κ3) is 3.77. The number of nitrogens with one attached hydrogen (secondary N) is 2. The molecule has 184 valence electrons. The first-order chi connectivity index (χ1) is 16.0. The van der Waals surface area contributed by atoms with Crippen LogP contribution in [0, 0.1) is 6.92 Å². The van der Waals surface area contributed by atoms with Crippen LogP contribution in [-0.2, 0) is 4.74 Å². The largest absolute Gasteiger partial charge is 0.505 e. The number of phenols is 1. The molecule has 1 unspecified atom stereocenters. The average molecular weight is 474 g/mol. The number of anilines is 1. The SMILES string of the molecule is C/C=C/c1cc2n(c1)C(=O)c1cc(O[C@@H]3O[C@@H](C)[C@H](NC)[C@@](C)(O)[C@H]3O)c(C)c(O)c1NC2O. The van der Waals surface area contributed by atoms with E-state index in [2.05, 4.69) is 10.6 Å². The van der Waals surface area contributed by atoms with Crippen LogP contribution >= 0.6 is 0 Å². The Morgan fingerprint density at radius 3 is 2.68 bits per heavy atom. The summed E-state index contributed by atoms with van der Waals surface area (Å²) in [6.45, 7) is 6.65. The summed E-state index contributed by atoms with van der Waals surface area (Å²) < 4.78 is 13.0. The molecule has 6 N–H and O–H groups in total. The number of fused-ring (bicyclic) bond motifs is 2. The smallest absolute Gasteiger partial charge is 0.264 e. The van der Waals surface area contributed by atoms with Gasteiger partial charge in [-0.2, -0.15) is 0 Å². The summed E-state index contributed by atoms with van der Waals surface area (Å²) in [5, 5.41) is 48.9. The number of rotatable bonds is 4. The van der Waals surface area contributed by atoms with E-state index in [1.165, 1.54) is 17.6 Å². The fourth-order valence-corrected chi connectivity index (χ4v) is 4.74. The van der Waals surface area contributed by atoms with Gasteiger partial charge < -0.3 is 40.5 Å². The lowest BCUT2D eigenvalue weighted by Crippen LogP contribution is -2.69. The minimum absolute atomic E-state index is 0.0664. The van der Waals surface area contributed by atoms with Crippen molar-refractivity contribution in [2.24, 2.45) is 0 Å². The maximum atomic E-state index is 13.4. The molecule has 0 aliphatic carbocycles. The fourth-order valence-electron chi connectivity index (χ4n) is 4.74. The molecule has 1 aromatic heterocycles. The molecule has 0 spiro atoms. The molecule has 10 nitrogen and oxygen atoms in total. The van der Waals surface area contributed by atoms with E-state index in [1.54, 1.807) is 39.2 Å². The topological polar surface area (TPSA) is 145 Å². The number of aliphatic hydroxyl groups excluding tert-OH is 2. The highest BCUT2D eigenvalue weighted by Gasteiger charge is 2.52. The Kier molecular flexibility index (Phi) is 6.21. The number of hydrogen-bond donors (Lipinski definition) is 6. The summed E-state index contributed by atoms with van der Waals surface area (Å²) in [7, 11) is 1.66. The van der Waals surface area contributed by atoms with E-state index in [4.69, 9.17) is 9.47 Å². The molecular weight excluding hydrogens is 442 g/mol. The van der Waals surface area contributed by atoms with Crippen LogP contribution in [0.2, 0.25) is 0 Å². The van der Waals surface area contributed by atoms with Crippen molar-refractivity contribution in [3.8, 4) is 11.5 Å². The van der Waals surface area contributed by atoms with E-state index in [0.717, 1.165) is 5.56 Å². The van der Waals surface area contributed by atoms with E-state index < -0.39 is 42.3 Å². The fraction of sp³-hybridized carbons (Fsp3) is 0.458. The van der Waals surface area contributed by atoms with Crippen LogP contribution in [0.1, 0.15) is 54.2 Å². The van der Waals surface area contributed by atoms with Crippen LogP contribution in [0.15, 0.2) is 24.4 Å². The van der Waals surface area contributed by atoms with Crippen molar-refractivity contribution in [3.63, 3.8) is 0 Å². The van der Waals surface area contributed by atoms with Gasteiger partial charge in [0.05, 0.1) is 29.1 Å². The Bertz CT molecular complexity index is 1140. The standard InChI is InChI=1S/C24H31N3O7/c1-6-7-13-8-15-21(30)26-17-14(22(31)27(15)10-13)9-16(11(2)18(17)28)34-23-20(29)24(4,32)19(25-5)12(3)33-23/h6-10,12,19-21,23,25-26,28-30,32H,1-5H3/b7-6+/t12-,19-,20-,21?,23-,24+/m0/s1. The Morgan fingerprint density at radius 2 is 2.03 bits per heavy atom. The number of carbonyl (C=O) groups excluding carboxylic acids is 1. The predicted octanol–water partition coefficient (Wildman–Crippen LogP) is 1.46. The van der Waals surface area contributed by atoms with Crippen LogP contribution in [0.25, 0.3) is 6.08 Å². The van der Waals surface area contributed by atoms with E-state index in [-0.39, 0.29) is 28.3 Å². The van der Waals surface area contributed by atoms with Crippen molar-refractivity contribution in [3.05, 3.63) is 46.8 Å². The van der Waals surface area contributed by atoms with Gasteiger partial charge in [0, 0.05) is 11.8 Å². The lowest BCUT2D eigenvalue weighted by atomic mass is 9.84. The predicted molar refractivity (Wildman–Crippen MR) is 125 cm³/mol. The van der Waals surface area contributed by atoms with Crippen molar-refractivity contribution < 1.29 is 34.7 Å². The number of carbonyl (C=O) groups is 1. The average Bonchev–Trinajstić information content (AvgIpc) is 3.17. The number of aromatic hydroxyl groups is 1. The van der Waals surface area contributed by atoms with Crippen LogP contribution in [0.5, 0.6) is 11.5 Å². The molecule has 34 heavy (non-hydrogen) atoms. The van der Waals surface area contributed by atoms with Crippen LogP contribution in [0.3, 0.4) is 0 Å². The highest BCUT2D eigenvalue weighted by atomic mass is 16.7. The van der Waals surface area contributed by atoms with Crippen molar-refractivity contribution >= 4 is 17.7 Å². The number of ether oxygens (including phenoxy) is 2. The first-order valence-corrected chi connectivity index (χ1v) is 11.1. The maximum absolute atomic E-state index is 13.4. The molecule has 1 aromatic carbocycles. The number of allylic oxidation sites excluding steroid dienone is 1. The zero-order chi connectivity index (χ0) is 24.9. The van der Waals surface area contributed by atoms with Gasteiger partial charge in [0.1, 0.15) is 23.2 Å². The summed E-state index contributed by atoms with van der Waals surface area (Å²) in [5.41, 5.74) is -0.106. The van der Waals surface area contributed by atoms with Gasteiger partial charge in [-0.1, -0.05) is 12.2 Å². The monoisotopic (exact) mass is 473 g/mol. The molecule has 4 rings (SSSR count). The quantitative estimate of drug-likeness (QED) is 0.364. The van der Waals surface area contributed by atoms with Crippen molar-refractivity contribution in [1.29, 1.82) is 0 Å². The Morgan fingerprint density at radius 1 is 1.32 bits per heavy atom. The molecule has 2 aromatic rings. The Hall–Kier alpha value is -2.89. The minimum atomic E-state index is -1.57. The van der Waals surface area contributed by atoms with E-state index in [1.807, 2.05) is 13.0 Å². The van der Waals surface area contributed by atoms with Gasteiger partial charge in [0.15, 0.2) is 6.23 Å². The second-order valence-electron chi connectivity index (χ2n) is 8.96. The summed E-state index contributed by atoms with van der Waals surface area (Å²) >= 11 is 0. The Balaban J connectivity index is 1.74. The summed E-state index contributed by atoms with van der Waals surface area (Å²) in [6, 6.07) is 2.56. The van der Waals surface area contributed by atoms with Gasteiger partial charge in [0.2, 0.25) is 6.29 Å². The van der Waals surface area contributed by atoms with Gasteiger partial charge in [-0.05, 0) is 52.4 Å². The number of aromatic nitrogens is 1.